The highest BCUT2D eigenvalue weighted by Crippen LogP contribution is 2.34. The topological polar surface area (TPSA) is 72.6 Å². The van der Waals surface area contributed by atoms with Crippen LogP contribution >= 0.6 is 0 Å². The Morgan fingerprint density at radius 2 is 1.86 bits per heavy atom. The third-order valence-electron chi connectivity index (χ3n) is 5.54. The first-order chi connectivity index (χ1) is 13.2. The molecule has 1 unspecified atom stereocenters. The molecule has 0 saturated carbocycles. The second kappa shape index (κ2) is 7.18. The van der Waals surface area contributed by atoms with E-state index in [2.05, 4.69) is 4.90 Å². The van der Waals surface area contributed by atoms with Crippen molar-refractivity contribution in [1.82, 2.24) is 4.90 Å². The van der Waals surface area contributed by atoms with E-state index in [0.717, 1.165) is 29.3 Å². The molecule has 1 fully saturated rings. The van der Waals surface area contributed by atoms with Gasteiger partial charge in [0.2, 0.25) is 0 Å². The molecule has 0 radical (unpaired) electrons. The molecule has 2 N–H and O–H groups in total. The molecule has 0 amide bonds. The van der Waals surface area contributed by atoms with E-state index in [0.29, 0.717) is 31.0 Å². The molecule has 0 spiro atoms. The third-order valence-corrected chi connectivity index (χ3v) is 6.65. The molecule has 2 heterocycles. The van der Waals surface area contributed by atoms with Gasteiger partial charge in [-0.05, 0) is 47.9 Å². The van der Waals surface area contributed by atoms with Crippen LogP contribution < -0.4 is 5.73 Å². The Kier molecular flexibility index (Phi) is 4.99. The van der Waals surface area contributed by atoms with Gasteiger partial charge in [0.05, 0.1) is 11.5 Å². The summed E-state index contributed by atoms with van der Waals surface area (Å²) in [6.45, 7) is 1.64. The van der Waals surface area contributed by atoms with Gasteiger partial charge in [0.15, 0.2) is 9.84 Å². The van der Waals surface area contributed by atoms with Gasteiger partial charge >= 0.3 is 0 Å². The summed E-state index contributed by atoms with van der Waals surface area (Å²) in [5.74, 6) is -1.05. The molecular weight excluding hydrogens is 386 g/mol. The standard InChI is InChI=1S/C20H22F2N2O3S/c1-28(25,26)16-4-2-12-9-24(10-13(12)6-16)15-8-19(23)20(27-11-15)17-7-14(21)3-5-18(17)22/h2-7,15,19-20H,8-11,23H2,1H3/t15-,19?,20+/m0/s1. The Balaban J connectivity index is 1.47. The minimum Gasteiger partial charge on any atom is -0.370 e. The fraction of sp³-hybridized carbons (Fsp3) is 0.400. The zero-order valence-corrected chi connectivity index (χ0v) is 16.3. The molecule has 28 heavy (non-hydrogen) atoms. The van der Waals surface area contributed by atoms with Crippen molar-refractivity contribution in [3.05, 3.63) is 64.7 Å². The number of fused-ring (bicyclic) bond motifs is 1. The Morgan fingerprint density at radius 1 is 1.11 bits per heavy atom. The molecule has 2 aliphatic rings. The molecule has 2 aromatic rings. The van der Waals surface area contributed by atoms with Gasteiger partial charge in [-0.25, -0.2) is 17.2 Å². The lowest BCUT2D eigenvalue weighted by Crippen LogP contribution is -2.47. The van der Waals surface area contributed by atoms with Crippen molar-refractivity contribution in [1.29, 1.82) is 0 Å². The fourth-order valence-electron chi connectivity index (χ4n) is 4.04. The van der Waals surface area contributed by atoms with Gasteiger partial charge < -0.3 is 10.5 Å². The molecule has 0 bridgehead atoms. The maximum Gasteiger partial charge on any atom is 0.175 e. The summed E-state index contributed by atoms with van der Waals surface area (Å²) in [5.41, 5.74) is 8.46. The molecule has 1 saturated heterocycles. The number of sulfone groups is 1. The maximum atomic E-state index is 14.1. The van der Waals surface area contributed by atoms with Crippen LogP contribution in [-0.2, 0) is 27.7 Å². The maximum absolute atomic E-state index is 14.1. The molecule has 150 valence electrons. The second-order valence-electron chi connectivity index (χ2n) is 7.58. The van der Waals surface area contributed by atoms with Crippen molar-refractivity contribution in [3.8, 4) is 0 Å². The lowest BCUT2D eigenvalue weighted by molar-refractivity contribution is -0.0531. The number of nitrogens with two attached hydrogens (primary N) is 1. The van der Waals surface area contributed by atoms with Crippen LogP contribution in [0.25, 0.3) is 0 Å². The molecule has 4 rings (SSSR count). The van der Waals surface area contributed by atoms with Crippen molar-refractivity contribution in [2.75, 3.05) is 12.9 Å². The van der Waals surface area contributed by atoms with Crippen LogP contribution in [0.15, 0.2) is 41.3 Å². The molecule has 0 aromatic heterocycles. The van der Waals surface area contributed by atoms with Crippen LogP contribution in [0.1, 0.15) is 29.2 Å². The molecule has 5 nitrogen and oxygen atoms in total. The summed E-state index contributed by atoms with van der Waals surface area (Å²) in [6, 6.07) is 8.05. The zero-order valence-electron chi connectivity index (χ0n) is 15.4. The molecule has 3 atom stereocenters. The first-order valence-electron chi connectivity index (χ1n) is 9.10. The SMILES string of the molecule is CS(=O)(=O)c1ccc2c(c1)CN([C@@H]1CO[C@H](c3cc(F)ccc3F)C(N)C1)C2. The fourth-order valence-corrected chi connectivity index (χ4v) is 4.71. The number of halogens is 2. The highest BCUT2D eigenvalue weighted by Gasteiger charge is 2.36. The first-order valence-corrected chi connectivity index (χ1v) is 11.0. The lowest BCUT2D eigenvalue weighted by Gasteiger charge is -2.38. The molecule has 2 aliphatic heterocycles. The van der Waals surface area contributed by atoms with Crippen molar-refractivity contribution in [2.45, 2.75) is 42.6 Å². The van der Waals surface area contributed by atoms with E-state index < -0.39 is 33.6 Å². The van der Waals surface area contributed by atoms with E-state index in [9.17, 15) is 17.2 Å². The molecule has 2 aromatic carbocycles. The predicted octanol–water partition coefficient (Wildman–Crippen LogP) is 2.54. The van der Waals surface area contributed by atoms with Crippen molar-refractivity contribution in [3.63, 3.8) is 0 Å². The summed E-state index contributed by atoms with van der Waals surface area (Å²) in [4.78, 5) is 2.50. The highest BCUT2D eigenvalue weighted by atomic mass is 32.2. The minimum absolute atomic E-state index is 0.0250. The van der Waals surface area contributed by atoms with Gasteiger partial charge in [-0.15, -0.1) is 0 Å². The Hall–Kier alpha value is -1.87. The number of nitrogens with zero attached hydrogens (tertiary/aromatic N) is 1. The van der Waals surface area contributed by atoms with Gasteiger partial charge in [0.1, 0.15) is 17.7 Å². The summed E-state index contributed by atoms with van der Waals surface area (Å²) >= 11 is 0. The summed E-state index contributed by atoms with van der Waals surface area (Å²) < 4.78 is 57.0. The van der Waals surface area contributed by atoms with Crippen molar-refractivity contribution < 1.29 is 21.9 Å². The van der Waals surface area contributed by atoms with Gasteiger partial charge in [-0.3, -0.25) is 4.90 Å². The van der Waals surface area contributed by atoms with E-state index in [-0.39, 0.29) is 11.6 Å². The Labute approximate surface area is 163 Å². The van der Waals surface area contributed by atoms with E-state index in [1.807, 2.05) is 6.07 Å². The third kappa shape index (κ3) is 3.69. The Morgan fingerprint density at radius 3 is 2.57 bits per heavy atom. The number of rotatable bonds is 3. The van der Waals surface area contributed by atoms with E-state index >= 15 is 0 Å². The highest BCUT2D eigenvalue weighted by molar-refractivity contribution is 7.90. The van der Waals surface area contributed by atoms with Crippen LogP contribution in [-0.4, -0.2) is 38.3 Å². The van der Waals surface area contributed by atoms with Crippen molar-refractivity contribution >= 4 is 9.84 Å². The minimum atomic E-state index is -3.25. The average Bonchev–Trinajstić information content (AvgIpc) is 3.06. The van der Waals surface area contributed by atoms with Crippen LogP contribution in [0.3, 0.4) is 0 Å². The normalized spacial score (nSPS) is 25.6. The molecular formula is C20H22F2N2O3S. The van der Waals surface area contributed by atoms with E-state index in [1.165, 1.54) is 6.26 Å². The smallest absolute Gasteiger partial charge is 0.175 e. The van der Waals surface area contributed by atoms with Crippen LogP contribution in [0, 0.1) is 11.6 Å². The molecule has 0 aliphatic carbocycles. The summed E-state index contributed by atoms with van der Waals surface area (Å²) in [6.07, 6.45) is 1.09. The number of hydrogen-bond acceptors (Lipinski definition) is 5. The quantitative estimate of drug-likeness (QED) is 0.845. The van der Waals surface area contributed by atoms with Crippen LogP contribution in [0.2, 0.25) is 0 Å². The second-order valence-corrected chi connectivity index (χ2v) is 9.60. The molecule has 8 heteroatoms. The van der Waals surface area contributed by atoms with E-state index in [4.69, 9.17) is 10.5 Å². The average molecular weight is 408 g/mol. The summed E-state index contributed by atoms with van der Waals surface area (Å²) in [7, 11) is -3.25. The first kappa shape index (κ1) is 19.4. The Bertz CT molecular complexity index is 1010. The van der Waals surface area contributed by atoms with Gasteiger partial charge in [-0.1, -0.05) is 6.07 Å². The lowest BCUT2D eigenvalue weighted by atomic mass is 9.93. The van der Waals surface area contributed by atoms with Crippen LogP contribution in [0.5, 0.6) is 0 Å². The number of ether oxygens (including phenoxy) is 1. The van der Waals surface area contributed by atoms with Gasteiger partial charge in [0, 0.05) is 37.0 Å². The van der Waals surface area contributed by atoms with Crippen molar-refractivity contribution in [2.24, 2.45) is 5.73 Å². The van der Waals surface area contributed by atoms with E-state index in [1.54, 1.807) is 12.1 Å². The van der Waals surface area contributed by atoms with Gasteiger partial charge in [0.25, 0.3) is 0 Å². The number of benzene rings is 2. The number of hydrogen-bond donors (Lipinski definition) is 1. The monoisotopic (exact) mass is 408 g/mol. The van der Waals surface area contributed by atoms with Crippen LogP contribution in [0.4, 0.5) is 8.78 Å². The zero-order chi connectivity index (χ0) is 20.1. The summed E-state index contributed by atoms with van der Waals surface area (Å²) in [5, 5.41) is 0. The van der Waals surface area contributed by atoms with Gasteiger partial charge in [-0.2, -0.15) is 0 Å². The predicted molar refractivity (Wildman–Crippen MR) is 100 cm³/mol. The largest absolute Gasteiger partial charge is 0.370 e.